The summed E-state index contributed by atoms with van der Waals surface area (Å²) in [5.41, 5.74) is 0. The molecule has 1 atom stereocenters. The first kappa shape index (κ1) is 20.6. The summed E-state index contributed by atoms with van der Waals surface area (Å²) in [7, 11) is -7.45. The van der Waals surface area contributed by atoms with Crippen LogP contribution in [0.2, 0.25) is 0 Å². The number of para-hydroxylation sites is 3. The zero-order chi connectivity index (χ0) is 20.6. The minimum absolute atomic E-state index is 0.395. The Kier molecular flexibility index (Phi) is 6.69. The molecule has 0 aliphatic heterocycles. The third kappa shape index (κ3) is 6.20. The Balaban J connectivity index is 2.17. The Morgan fingerprint density at radius 2 is 1.03 bits per heavy atom. The van der Waals surface area contributed by atoms with Crippen molar-refractivity contribution in [2.45, 2.75) is 0 Å². The van der Waals surface area contributed by atoms with Crippen LogP contribution in [0, 0.1) is 0 Å². The fraction of sp³-hybridized carbons (Fsp3) is 0.0500. The highest BCUT2D eigenvalue weighted by Gasteiger charge is 2.35. The van der Waals surface area contributed by atoms with Crippen molar-refractivity contribution < 1.29 is 22.9 Å². The lowest BCUT2D eigenvalue weighted by atomic mass is 10.3. The minimum atomic E-state index is -3.72. The van der Waals surface area contributed by atoms with Crippen molar-refractivity contribution in [2.75, 3.05) is 6.66 Å². The number of hydrogen-bond acceptors (Lipinski definition) is 5. The summed E-state index contributed by atoms with van der Waals surface area (Å²) in [4.78, 5) is 10.7. The van der Waals surface area contributed by atoms with E-state index in [4.69, 9.17) is 13.6 Å². The van der Waals surface area contributed by atoms with Gasteiger partial charge in [-0.15, -0.1) is 9.28 Å². The summed E-state index contributed by atoms with van der Waals surface area (Å²) in [6.07, 6.45) is 1.29. The average molecular weight is 428 g/mol. The van der Waals surface area contributed by atoms with Gasteiger partial charge in [0.25, 0.3) is 0 Å². The molecule has 1 unspecified atom stereocenters. The highest BCUT2D eigenvalue weighted by Crippen LogP contribution is 2.62. The molecule has 3 aromatic rings. The van der Waals surface area contributed by atoms with E-state index in [2.05, 4.69) is 9.28 Å². The second kappa shape index (κ2) is 9.40. The second-order valence-corrected chi connectivity index (χ2v) is 9.87. The Morgan fingerprint density at radius 3 is 1.34 bits per heavy atom. The number of isocyanates is 1. The van der Waals surface area contributed by atoms with Gasteiger partial charge < -0.3 is 13.6 Å². The van der Waals surface area contributed by atoms with Gasteiger partial charge in [0.2, 0.25) is 6.08 Å². The molecule has 0 saturated heterocycles. The predicted octanol–water partition coefficient (Wildman–Crippen LogP) is 6.33. The smallest absolute Gasteiger partial charge is 0.401 e. The van der Waals surface area contributed by atoms with Gasteiger partial charge in [-0.25, -0.2) is 4.79 Å². The van der Waals surface area contributed by atoms with Crippen molar-refractivity contribution in [1.29, 1.82) is 0 Å². The summed E-state index contributed by atoms with van der Waals surface area (Å²) in [6, 6.07) is 26.2. The van der Waals surface area contributed by atoms with Crippen LogP contribution >= 0.6 is 15.2 Å². The zero-order valence-corrected chi connectivity index (χ0v) is 17.3. The third-order valence-corrected chi connectivity index (χ3v) is 7.38. The van der Waals surface area contributed by atoms with Crippen LogP contribution in [0.25, 0.3) is 0 Å². The van der Waals surface area contributed by atoms with Gasteiger partial charge in [0.1, 0.15) is 17.2 Å². The van der Waals surface area contributed by atoms with E-state index in [1.165, 1.54) is 12.7 Å². The number of rotatable bonds is 8. The second-order valence-electron chi connectivity index (χ2n) is 5.80. The SMILES string of the molecule is CP(=O)(N=C=O)N=P(Oc1ccccc1)(Oc1ccccc1)Oc1ccccc1. The van der Waals surface area contributed by atoms with Crippen LogP contribution in [0.15, 0.2) is 100 Å². The van der Waals surface area contributed by atoms with Gasteiger partial charge in [0.15, 0.2) is 0 Å². The van der Waals surface area contributed by atoms with Gasteiger partial charge in [0, 0.05) is 6.66 Å². The van der Waals surface area contributed by atoms with Crippen LogP contribution in [0.1, 0.15) is 0 Å². The van der Waals surface area contributed by atoms with Gasteiger partial charge in [0.05, 0.1) is 0 Å². The summed E-state index contributed by atoms with van der Waals surface area (Å²) in [5, 5.41) is 0. The van der Waals surface area contributed by atoms with Gasteiger partial charge in [-0.3, -0.25) is 4.57 Å². The summed E-state index contributed by atoms with van der Waals surface area (Å²) in [5.74, 6) is 1.18. The summed E-state index contributed by atoms with van der Waals surface area (Å²) < 4.78 is 38.4. The van der Waals surface area contributed by atoms with Crippen molar-refractivity contribution in [3.63, 3.8) is 0 Å². The molecule has 0 aromatic heterocycles. The fourth-order valence-electron chi connectivity index (χ4n) is 2.25. The fourth-order valence-corrected chi connectivity index (χ4v) is 5.91. The van der Waals surface area contributed by atoms with Crippen molar-refractivity contribution in [2.24, 2.45) is 9.28 Å². The van der Waals surface area contributed by atoms with E-state index in [-0.39, 0.29) is 0 Å². The van der Waals surface area contributed by atoms with E-state index in [1.54, 1.807) is 72.8 Å². The normalized spacial score (nSPS) is 12.7. The van der Waals surface area contributed by atoms with Crippen LogP contribution in [-0.4, -0.2) is 12.7 Å². The zero-order valence-electron chi connectivity index (χ0n) is 15.5. The Hall–Kier alpha value is -3.10. The summed E-state index contributed by atoms with van der Waals surface area (Å²) in [6.45, 7) is 1.21. The third-order valence-electron chi connectivity index (χ3n) is 3.39. The average Bonchev–Trinajstić information content (AvgIpc) is 2.69. The highest BCUT2D eigenvalue weighted by molar-refractivity contribution is 7.68. The first-order chi connectivity index (χ1) is 14.0. The van der Waals surface area contributed by atoms with Gasteiger partial charge in [-0.1, -0.05) is 54.6 Å². The van der Waals surface area contributed by atoms with Gasteiger partial charge in [-0.2, -0.15) is 0 Å². The molecule has 0 aliphatic carbocycles. The predicted molar refractivity (Wildman–Crippen MR) is 112 cm³/mol. The maximum absolute atomic E-state index is 12.8. The quantitative estimate of drug-likeness (QED) is 0.238. The monoisotopic (exact) mass is 428 g/mol. The molecule has 7 nitrogen and oxygen atoms in total. The lowest BCUT2D eigenvalue weighted by Gasteiger charge is -2.25. The molecular weight excluding hydrogens is 410 g/mol. The minimum Gasteiger partial charge on any atom is -0.401 e. The molecule has 3 rings (SSSR count). The standard InChI is InChI=1S/C20H18N2O5P2/c1-28(24,21-17-23)22-29(25-18-11-5-2-6-12-18,26-19-13-7-3-8-14-19)27-20-15-9-4-10-16-20/h2-16H,1H3. The molecule has 0 amide bonds. The van der Waals surface area contributed by atoms with Gasteiger partial charge in [-0.05, 0) is 36.4 Å². The van der Waals surface area contributed by atoms with Crippen molar-refractivity contribution in [1.82, 2.24) is 0 Å². The lowest BCUT2D eigenvalue weighted by Crippen LogP contribution is -2.08. The molecule has 148 valence electrons. The lowest BCUT2D eigenvalue weighted by molar-refractivity contribution is 0.372. The van der Waals surface area contributed by atoms with E-state index < -0.39 is 15.2 Å². The van der Waals surface area contributed by atoms with Crippen molar-refractivity contribution in [3.05, 3.63) is 91.0 Å². The Labute approximate surface area is 168 Å². The molecule has 0 aliphatic rings. The molecular formula is C20H18N2O5P2. The maximum atomic E-state index is 12.8. The molecule has 0 heterocycles. The van der Waals surface area contributed by atoms with Crippen molar-refractivity contribution in [3.8, 4) is 17.2 Å². The van der Waals surface area contributed by atoms with E-state index in [9.17, 15) is 9.36 Å². The first-order valence-corrected chi connectivity index (χ1v) is 12.1. The number of carbonyl (C=O) groups excluding carboxylic acids is 1. The van der Waals surface area contributed by atoms with Crippen LogP contribution < -0.4 is 13.6 Å². The van der Waals surface area contributed by atoms with E-state index in [1.807, 2.05) is 18.2 Å². The maximum Gasteiger partial charge on any atom is 0.531 e. The molecule has 0 spiro atoms. The molecule has 0 saturated carbocycles. The molecule has 29 heavy (non-hydrogen) atoms. The van der Waals surface area contributed by atoms with E-state index in [0.29, 0.717) is 17.2 Å². The molecule has 0 N–H and O–H groups in total. The highest BCUT2D eigenvalue weighted by atomic mass is 31.2. The number of benzene rings is 3. The molecule has 0 bridgehead atoms. The number of nitrogens with zero attached hydrogens (tertiary/aromatic N) is 2. The Bertz CT molecular complexity index is 977. The Morgan fingerprint density at radius 1 is 0.690 bits per heavy atom. The summed E-state index contributed by atoms with van der Waals surface area (Å²) >= 11 is 0. The molecule has 0 fully saturated rings. The largest absolute Gasteiger partial charge is 0.531 e. The first-order valence-electron chi connectivity index (χ1n) is 8.55. The van der Waals surface area contributed by atoms with Crippen molar-refractivity contribution >= 4 is 21.3 Å². The van der Waals surface area contributed by atoms with E-state index >= 15 is 0 Å². The van der Waals surface area contributed by atoms with Crippen LogP contribution in [0.4, 0.5) is 0 Å². The molecule has 3 aromatic carbocycles. The van der Waals surface area contributed by atoms with Crippen LogP contribution in [0.5, 0.6) is 17.2 Å². The van der Waals surface area contributed by atoms with E-state index in [0.717, 1.165) is 0 Å². The van der Waals surface area contributed by atoms with Crippen LogP contribution in [-0.2, 0) is 9.36 Å². The molecule has 0 radical (unpaired) electrons. The molecule has 9 heteroatoms. The topological polar surface area (TPSA) is 86.6 Å². The number of hydrogen-bond donors (Lipinski definition) is 0. The van der Waals surface area contributed by atoms with Crippen LogP contribution in [0.3, 0.4) is 0 Å². The van der Waals surface area contributed by atoms with Gasteiger partial charge >= 0.3 is 15.2 Å².